The Morgan fingerprint density at radius 1 is 1.35 bits per heavy atom. The first-order valence-corrected chi connectivity index (χ1v) is 8.38. The molecule has 1 amide bonds. The van der Waals surface area contributed by atoms with E-state index in [9.17, 15) is 4.79 Å². The molecule has 0 spiro atoms. The fourth-order valence-corrected chi connectivity index (χ4v) is 3.52. The Kier molecular flexibility index (Phi) is 3.77. The van der Waals surface area contributed by atoms with E-state index >= 15 is 0 Å². The van der Waals surface area contributed by atoms with Crippen LogP contribution in [0.3, 0.4) is 0 Å². The van der Waals surface area contributed by atoms with Crippen molar-refractivity contribution >= 4 is 22.7 Å². The van der Waals surface area contributed by atoms with Crippen molar-refractivity contribution in [2.24, 2.45) is 0 Å². The van der Waals surface area contributed by atoms with E-state index in [0.717, 1.165) is 30.3 Å². The van der Waals surface area contributed by atoms with Crippen molar-refractivity contribution in [1.82, 2.24) is 14.9 Å². The third-order valence-electron chi connectivity index (χ3n) is 4.83. The van der Waals surface area contributed by atoms with Crippen LogP contribution in [0.4, 0.5) is 4.79 Å². The van der Waals surface area contributed by atoms with Crippen LogP contribution < -0.4 is 0 Å². The second kappa shape index (κ2) is 6.07. The average molecular weight is 311 g/mol. The second-order valence-electron chi connectivity index (χ2n) is 6.32. The summed E-state index contributed by atoms with van der Waals surface area (Å²) in [6.45, 7) is 1.33. The van der Waals surface area contributed by atoms with E-state index in [-0.39, 0.29) is 12.2 Å². The molecule has 23 heavy (non-hydrogen) atoms. The van der Waals surface area contributed by atoms with Crippen molar-refractivity contribution in [1.29, 1.82) is 0 Å². The topological polar surface area (TPSA) is 58.2 Å². The van der Waals surface area contributed by atoms with Gasteiger partial charge < -0.3 is 14.6 Å². The summed E-state index contributed by atoms with van der Waals surface area (Å²) in [5, 5.41) is 1.14. The summed E-state index contributed by atoms with van der Waals surface area (Å²) in [6, 6.07) is 4.03. The van der Waals surface area contributed by atoms with Gasteiger partial charge in [-0.15, -0.1) is 0 Å². The van der Waals surface area contributed by atoms with Crippen molar-refractivity contribution in [3.8, 4) is 0 Å². The first-order valence-electron chi connectivity index (χ1n) is 8.38. The van der Waals surface area contributed by atoms with Gasteiger partial charge in [0.1, 0.15) is 11.8 Å². The highest BCUT2D eigenvalue weighted by molar-refractivity contribution is 5.91. The van der Waals surface area contributed by atoms with E-state index < -0.39 is 0 Å². The number of hydrogen-bond donors (Lipinski definition) is 1. The lowest BCUT2D eigenvalue weighted by atomic mass is 10.00. The fraction of sp³-hybridized carbons (Fsp3) is 0.444. The zero-order valence-corrected chi connectivity index (χ0v) is 13.1. The molecule has 0 unspecified atom stereocenters. The molecule has 0 atom stereocenters. The lowest BCUT2D eigenvalue weighted by molar-refractivity contribution is 0.0682. The Morgan fingerprint density at radius 3 is 3.00 bits per heavy atom. The maximum Gasteiger partial charge on any atom is 0.410 e. The molecule has 3 heterocycles. The van der Waals surface area contributed by atoms with Crippen molar-refractivity contribution in [3.05, 3.63) is 36.2 Å². The molecule has 1 saturated carbocycles. The highest BCUT2D eigenvalue weighted by Crippen LogP contribution is 2.29. The van der Waals surface area contributed by atoms with Gasteiger partial charge in [0.25, 0.3) is 0 Å². The molecule has 0 bridgehead atoms. The number of nitrogens with zero attached hydrogens (tertiary/aromatic N) is 2. The van der Waals surface area contributed by atoms with Crippen LogP contribution in [0.5, 0.6) is 0 Å². The van der Waals surface area contributed by atoms with Crippen molar-refractivity contribution in [2.75, 3.05) is 13.1 Å². The monoisotopic (exact) mass is 311 g/mol. The summed E-state index contributed by atoms with van der Waals surface area (Å²) < 4.78 is 5.59. The lowest BCUT2D eigenvalue weighted by Crippen LogP contribution is -2.36. The average Bonchev–Trinajstić information content (AvgIpc) is 3.24. The summed E-state index contributed by atoms with van der Waals surface area (Å²) in [5.41, 5.74) is 3.37. The molecule has 2 aliphatic rings. The predicted molar refractivity (Wildman–Crippen MR) is 89.0 cm³/mol. The van der Waals surface area contributed by atoms with Crippen molar-refractivity contribution in [3.63, 3.8) is 0 Å². The Balaban J connectivity index is 1.45. The maximum atomic E-state index is 12.2. The van der Waals surface area contributed by atoms with Crippen LogP contribution in [0.25, 0.3) is 16.6 Å². The van der Waals surface area contributed by atoms with Gasteiger partial charge in [-0.2, -0.15) is 0 Å². The number of aromatic amines is 1. The van der Waals surface area contributed by atoms with E-state index in [1.165, 1.54) is 24.0 Å². The normalized spacial score (nSPS) is 19.1. The van der Waals surface area contributed by atoms with E-state index in [2.05, 4.69) is 22.1 Å². The molecular formula is C18H21N3O2. The molecule has 0 saturated heterocycles. The van der Waals surface area contributed by atoms with Gasteiger partial charge in [0.15, 0.2) is 0 Å². The number of carbonyl (C=O) groups excluding carboxylic acids is 1. The van der Waals surface area contributed by atoms with Crippen LogP contribution in [0, 0.1) is 0 Å². The van der Waals surface area contributed by atoms with Crippen LogP contribution in [-0.2, 0) is 4.74 Å². The Bertz CT molecular complexity index is 744. The van der Waals surface area contributed by atoms with E-state index in [1.807, 2.05) is 12.3 Å². The Morgan fingerprint density at radius 2 is 2.22 bits per heavy atom. The third kappa shape index (κ3) is 2.83. The van der Waals surface area contributed by atoms with E-state index in [4.69, 9.17) is 4.74 Å². The smallest absolute Gasteiger partial charge is 0.410 e. The number of amides is 1. The SMILES string of the molecule is O=C(OC1CCCC1)N1CC=C(c2c[nH]c3ncccc23)CC1. The maximum absolute atomic E-state index is 12.2. The molecular weight excluding hydrogens is 290 g/mol. The molecule has 2 aromatic heterocycles. The number of H-pyrrole nitrogens is 1. The first kappa shape index (κ1) is 14.3. The van der Waals surface area contributed by atoms with Gasteiger partial charge in [0, 0.05) is 36.4 Å². The van der Waals surface area contributed by atoms with Gasteiger partial charge in [0.05, 0.1) is 0 Å². The zero-order valence-electron chi connectivity index (χ0n) is 13.1. The molecule has 1 N–H and O–H groups in total. The number of carbonyl (C=O) groups is 1. The fourth-order valence-electron chi connectivity index (χ4n) is 3.52. The van der Waals surface area contributed by atoms with Gasteiger partial charge in [-0.1, -0.05) is 6.08 Å². The molecule has 2 aromatic rings. The highest BCUT2D eigenvalue weighted by atomic mass is 16.6. The van der Waals surface area contributed by atoms with Gasteiger partial charge >= 0.3 is 6.09 Å². The van der Waals surface area contributed by atoms with E-state index in [1.54, 1.807) is 11.1 Å². The summed E-state index contributed by atoms with van der Waals surface area (Å²) in [4.78, 5) is 21.6. The molecule has 0 aromatic carbocycles. The number of rotatable bonds is 2. The molecule has 1 aliphatic carbocycles. The number of fused-ring (bicyclic) bond motifs is 1. The molecule has 1 fully saturated rings. The molecule has 5 heteroatoms. The predicted octanol–water partition coefficient (Wildman–Crippen LogP) is 3.73. The zero-order chi connectivity index (χ0) is 15.6. The van der Waals surface area contributed by atoms with Gasteiger partial charge in [-0.3, -0.25) is 0 Å². The molecule has 5 nitrogen and oxygen atoms in total. The van der Waals surface area contributed by atoms with Crippen LogP contribution in [0.1, 0.15) is 37.7 Å². The number of aromatic nitrogens is 2. The lowest BCUT2D eigenvalue weighted by Gasteiger charge is -2.27. The van der Waals surface area contributed by atoms with Crippen LogP contribution >= 0.6 is 0 Å². The number of hydrogen-bond acceptors (Lipinski definition) is 3. The molecule has 0 radical (unpaired) electrons. The standard InChI is InChI=1S/C18H21N3O2/c22-18(23-14-4-1-2-5-14)21-10-7-13(8-11-21)16-12-20-17-15(16)6-3-9-19-17/h3,6-7,9,12,14H,1-2,4-5,8,10-11H2,(H,19,20). The van der Waals surface area contributed by atoms with Crippen molar-refractivity contribution in [2.45, 2.75) is 38.2 Å². The summed E-state index contributed by atoms with van der Waals surface area (Å²) in [5.74, 6) is 0. The molecule has 4 rings (SSSR count). The second-order valence-corrected chi connectivity index (χ2v) is 6.32. The quantitative estimate of drug-likeness (QED) is 0.919. The highest BCUT2D eigenvalue weighted by Gasteiger charge is 2.25. The summed E-state index contributed by atoms with van der Waals surface area (Å²) in [6.07, 6.45) is 11.1. The molecule has 1 aliphatic heterocycles. The largest absolute Gasteiger partial charge is 0.446 e. The van der Waals surface area contributed by atoms with Crippen LogP contribution in [0.15, 0.2) is 30.6 Å². The van der Waals surface area contributed by atoms with Crippen molar-refractivity contribution < 1.29 is 9.53 Å². The Hall–Kier alpha value is -2.30. The van der Waals surface area contributed by atoms with Gasteiger partial charge in [0.2, 0.25) is 0 Å². The first-order chi connectivity index (χ1) is 11.3. The molecule has 120 valence electrons. The number of ether oxygens (including phenoxy) is 1. The Labute approximate surface area is 135 Å². The minimum Gasteiger partial charge on any atom is -0.446 e. The summed E-state index contributed by atoms with van der Waals surface area (Å²) >= 11 is 0. The van der Waals surface area contributed by atoms with E-state index in [0.29, 0.717) is 13.1 Å². The van der Waals surface area contributed by atoms with Gasteiger partial charge in [-0.05, 0) is 49.8 Å². The third-order valence-corrected chi connectivity index (χ3v) is 4.83. The van der Waals surface area contributed by atoms with Gasteiger partial charge in [-0.25, -0.2) is 9.78 Å². The van der Waals surface area contributed by atoms with Crippen LogP contribution in [0.2, 0.25) is 0 Å². The minimum atomic E-state index is -0.159. The van der Waals surface area contributed by atoms with Crippen LogP contribution in [-0.4, -0.2) is 40.2 Å². The number of nitrogens with one attached hydrogen (secondary N) is 1. The summed E-state index contributed by atoms with van der Waals surface area (Å²) in [7, 11) is 0. The minimum absolute atomic E-state index is 0.132. The number of pyridine rings is 1.